The summed E-state index contributed by atoms with van der Waals surface area (Å²) in [6.45, 7) is 0.865. The number of nitrogens with zero attached hydrogens (tertiary/aromatic N) is 3. The zero-order valence-electron chi connectivity index (χ0n) is 15.6. The molecule has 1 amide bonds. The molecule has 16 heteroatoms. The molecule has 5 nitrogen and oxygen atoms in total. The standard InChI is InChI=1S/C17H7Cl2F9N4O/c1-5(33)29-14-11-9(4-10(16(23,24)25)30-13(11)17(26,27)28)31-32(14)12-7(18)2-6(3-8(12)19)15(20,21)22/h2-4H,1H3,(H,29,33). The van der Waals surface area contributed by atoms with Crippen molar-refractivity contribution in [2.24, 2.45) is 0 Å². The number of alkyl halides is 9. The summed E-state index contributed by atoms with van der Waals surface area (Å²) in [5, 5.41) is 3.00. The predicted molar refractivity (Wildman–Crippen MR) is 98.2 cm³/mol. The second kappa shape index (κ2) is 7.94. The topological polar surface area (TPSA) is 59.8 Å². The smallest absolute Gasteiger partial charge is 0.310 e. The van der Waals surface area contributed by atoms with Crippen LogP contribution < -0.4 is 5.32 Å². The molecule has 0 spiro atoms. The lowest BCUT2D eigenvalue weighted by Crippen LogP contribution is -2.17. The first kappa shape index (κ1) is 24.9. The van der Waals surface area contributed by atoms with Crippen LogP contribution in [0.2, 0.25) is 10.0 Å². The number of carbonyl (C=O) groups is 1. The van der Waals surface area contributed by atoms with Crippen LogP contribution in [0, 0.1) is 0 Å². The lowest BCUT2D eigenvalue weighted by atomic mass is 10.1. The molecule has 0 fully saturated rings. The number of hydrogen-bond acceptors (Lipinski definition) is 3. The summed E-state index contributed by atoms with van der Waals surface area (Å²) >= 11 is 11.7. The molecule has 1 aromatic carbocycles. The Balaban J connectivity index is 2.46. The van der Waals surface area contributed by atoms with E-state index in [0.717, 1.165) is 6.92 Å². The van der Waals surface area contributed by atoms with Gasteiger partial charge in [0.2, 0.25) is 5.91 Å². The summed E-state index contributed by atoms with van der Waals surface area (Å²) in [6, 6.07) is 0.950. The molecule has 0 unspecified atom stereocenters. The maximum absolute atomic E-state index is 13.6. The highest BCUT2D eigenvalue weighted by Crippen LogP contribution is 2.43. The first-order valence-electron chi connectivity index (χ1n) is 8.33. The number of halogens is 11. The van der Waals surface area contributed by atoms with Gasteiger partial charge in [0.15, 0.2) is 5.69 Å². The van der Waals surface area contributed by atoms with Gasteiger partial charge >= 0.3 is 18.5 Å². The molecule has 0 radical (unpaired) electrons. The maximum atomic E-state index is 13.6. The summed E-state index contributed by atoms with van der Waals surface area (Å²) in [5.41, 5.74) is -6.84. The first-order chi connectivity index (χ1) is 14.9. The number of carbonyl (C=O) groups excluding carboxylic acids is 1. The van der Waals surface area contributed by atoms with Crippen molar-refractivity contribution in [2.45, 2.75) is 25.5 Å². The summed E-state index contributed by atoms with van der Waals surface area (Å²) in [5.74, 6) is -1.83. The second-order valence-corrected chi connectivity index (χ2v) is 7.29. The van der Waals surface area contributed by atoms with Crippen molar-refractivity contribution in [1.29, 1.82) is 0 Å². The molecule has 0 saturated heterocycles. The highest BCUT2D eigenvalue weighted by atomic mass is 35.5. The fourth-order valence-corrected chi connectivity index (χ4v) is 3.48. The minimum atomic E-state index is -5.44. The van der Waals surface area contributed by atoms with Gasteiger partial charge in [0.1, 0.15) is 17.2 Å². The van der Waals surface area contributed by atoms with Gasteiger partial charge in [0.25, 0.3) is 0 Å². The Morgan fingerprint density at radius 3 is 1.88 bits per heavy atom. The molecule has 0 aliphatic rings. The van der Waals surface area contributed by atoms with E-state index < -0.39 is 73.8 Å². The van der Waals surface area contributed by atoms with E-state index in [4.69, 9.17) is 23.2 Å². The minimum Gasteiger partial charge on any atom is -0.310 e. The van der Waals surface area contributed by atoms with E-state index in [1.807, 2.05) is 5.32 Å². The third-order valence-corrected chi connectivity index (χ3v) is 4.64. The van der Waals surface area contributed by atoms with Gasteiger partial charge < -0.3 is 5.32 Å². The summed E-state index contributed by atoms with van der Waals surface area (Å²) in [4.78, 5) is 14.3. The summed E-state index contributed by atoms with van der Waals surface area (Å²) in [6.07, 6.45) is -15.6. The molecule has 0 saturated carbocycles. The lowest BCUT2D eigenvalue weighted by molar-refractivity contribution is -0.149. The van der Waals surface area contributed by atoms with Crippen LogP contribution in [0.3, 0.4) is 0 Å². The van der Waals surface area contributed by atoms with Crippen molar-refractivity contribution in [3.8, 4) is 5.69 Å². The first-order valence-corrected chi connectivity index (χ1v) is 9.09. The van der Waals surface area contributed by atoms with Crippen molar-refractivity contribution in [2.75, 3.05) is 5.32 Å². The van der Waals surface area contributed by atoms with Crippen molar-refractivity contribution in [1.82, 2.24) is 14.8 Å². The Morgan fingerprint density at radius 1 is 0.909 bits per heavy atom. The molecule has 0 bridgehead atoms. The Bertz CT molecular complexity index is 1240. The molecule has 1 N–H and O–H groups in total. The highest BCUT2D eigenvalue weighted by Gasteiger charge is 2.42. The lowest BCUT2D eigenvalue weighted by Gasteiger charge is -2.15. The molecular weight excluding hydrogens is 518 g/mol. The van der Waals surface area contributed by atoms with Crippen molar-refractivity contribution >= 4 is 45.8 Å². The van der Waals surface area contributed by atoms with E-state index in [9.17, 15) is 44.3 Å². The van der Waals surface area contributed by atoms with Gasteiger partial charge in [-0.3, -0.25) is 4.79 Å². The number of rotatable bonds is 2. The number of pyridine rings is 1. The number of benzene rings is 1. The average Bonchev–Trinajstić information content (AvgIpc) is 2.95. The Hall–Kier alpha value is -2.74. The molecule has 2 heterocycles. The number of fused-ring (bicyclic) bond motifs is 1. The molecule has 0 aliphatic heterocycles. The molecule has 0 aliphatic carbocycles. The predicted octanol–water partition coefficient (Wildman–Crippen LogP) is 6.74. The Kier molecular flexibility index (Phi) is 5.99. The molecular formula is C17H7Cl2F9N4O. The van der Waals surface area contributed by atoms with Crippen molar-refractivity contribution in [3.05, 3.63) is 45.2 Å². The van der Waals surface area contributed by atoms with Crippen LogP contribution in [-0.4, -0.2) is 20.7 Å². The van der Waals surface area contributed by atoms with Gasteiger partial charge in [0, 0.05) is 6.92 Å². The van der Waals surface area contributed by atoms with E-state index in [0.29, 0.717) is 16.8 Å². The largest absolute Gasteiger partial charge is 0.434 e. The maximum Gasteiger partial charge on any atom is 0.434 e. The highest BCUT2D eigenvalue weighted by molar-refractivity contribution is 6.38. The zero-order valence-corrected chi connectivity index (χ0v) is 17.2. The SMILES string of the molecule is CC(=O)Nc1c2c(C(F)(F)F)nc(C(F)(F)F)cc2nn1-c1c(Cl)cc(C(F)(F)F)cc1Cl. The van der Waals surface area contributed by atoms with Crippen LogP contribution in [0.25, 0.3) is 16.6 Å². The molecule has 0 atom stereocenters. The number of nitrogens with one attached hydrogen (secondary N) is 1. The van der Waals surface area contributed by atoms with Gasteiger partial charge in [0.05, 0.1) is 26.5 Å². The molecule has 33 heavy (non-hydrogen) atoms. The number of hydrogen-bond donors (Lipinski definition) is 1. The van der Waals surface area contributed by atoms with Crippen LogP contribution in [0.1, 0.15) is 23.9 Å². The molecule has 178 valence electrons. The number of amides is 1. The van der Waals surface area contributed by atoms with E-state index in [1.54, 1.807) is 0 Å². The van der Waals surface area contributed by atoms with Gasteiger partial charge in [-0.05, 0) is 18.2 Å². The normalized spacial score (nSPS) is 13.0. The average molecular weight is 525 g/mol. The third-order valence-electron chi connectivity index (χ3n) is 4.06. The van der Waals surface area contributed by atoms with Crippen molar-refractivity contribution in [3.63, 3.8) is 0 Å². The number of aromatic nitrogens is 3. The van der Waals surface area contributed by atoms with Crippen LogP contribution in [0.4, 0.5) is 45.3 Å². The monoisotopic (exact) mass is 524 g/mol. The molecule has 3 aromatic rings. The summed E-state index contributed by atoms with van der Waals surface area (Å²) < 4.78 is 120. The van der Waals surface area contributed by atoms with Gasteiger partial charge in [-0.25, -0.2) is 9.67 Å². The van der Waals surface area contributed by atoms with E-state index >= 15 is 0 Å². The van der Waals surface area contributed by atoms with Crippen LogP contribution in [0.5, 0.6) is 0 Å². The van der Waals surface area contributed by atoms with E-state index in [-0.39, 0.29) is 6.07 Å². The molecule has 2 aromatic heterocycles. The van der Waals surface area contributed by atoms with E-state index in [2.05, 4.69) is 10.1 Å². The van der Waals surface area contributed by atoms with Crippen LogP contribution >= 0.6 is 23.2 Å². The van der Waals surface area contributed by atoms with Crippen LogP contribution in [-0.2, 0) is 23.3 Å². The Morgan fingerprint density at radius 2 is 1.45 bits per heavy atom. The minimum absolute atomic E-state index is 0.179. The number of anilines is 1. The van der Waals surface area contributed by atoms with Crippen LogP contribution in [0.15, 0.2) is 18.2 Å². The van der Waals surface area contributed by atoms with Crippen molar-refractivity contribution < 1.29 is 44.3 Å². The molecule has 3 rings (SSSR count). The van der Waals surface area contributed by atoms with Gasteiger partial charge in [-0.1, -0.05) is 23.2 Å². The zero-order chi connectivity index (χ0) is 25.1. The quantitative estimate of drug-likeness (QED) is 0.377. The van der Waals surface area contributed by atoms with Gasteiger partial charge in [-0.15, -0.1) is 0 Å². The third kappa shape index (κ3) is 4.81. The fourth-order valence-electron chi connectivity index (χ4n) is 2.83. The summed E-state index contributed by atoms with van der Waals surface area (Å²) in [7, 11) is 0. The fraction of sp³-hybridized carbons (Fsp3) is 0.235. The Labute approximate surface area is 187 Å². The van der Waals surface area contributed by atoms with E-state index in [1.165, 1.54) is 0 Å². The van der Waals surface area contributed by atoms with Gasteiger partial charge in [-0.2, -0.15) is 44.6 Å². The second-order valence-electron chi connectivity index (χ2n) is 6.47.